The number of rotatable bonds is 7. The summed E-state index contributed by atoms with van der Waals surface area (Å²) in [6, 6.07) is 13.1. The highest BCUT2D eigenvalue weighted by molar-refractivity contribution is 7.80. The van der Waals surface area contributed by atoms with Gasteiger partial charge in [0.15, 0.2) is 16.6 Å². The average molecular weight is 481 g/mol. The zero-order valence-corrected chi connectivity index (χ0v) is 19.8. The Morgan fingerprint density at radius 2 is 1.91 bits per heavy atom. The van der Waals surface area contributed by atoms with Crippen LogP contribution in [0.25, 0.3) is 17.0 Å². The Hall–Kier alpha value is -3.63. The lowest BCUT2D eigenvalue weighted by Crippen LogP contribution is -2.47. The molecule has 0 bridgehead atoms. The first-order valence-corrected chi connectivity index (χ1v) is 11.2. The van der Waals surface area contributed by atoms with Gasteiger partial charge in [-0.2, -0.15) is 4.98 Å². The molecule has 9 nitrogen and oxygen atoms in total. The van der Waals surface area contributed by atoms with E-state index in [1.807, 2.05) is 54.3 Å². The highest BCUT2D eigenvalue weighted by Gasteiger charge is 2.34. The first-order valence-electron chi connectivity index (χ1n) is 10.7. The van der Waals surface area contributed by atoms with Crippen LogP contribution in [0.3, 0.4) is 0 Å². The first kappa shape index (κ1) is 22.2. The van der Waals surface area contributed by atoms with Crippen LogP contribution in [0.15, 0.2) is 52.7 Å². The molecule has 2 aliphatic heterocycles. The molecule has 176 valence electrons. The maximum absolute atomic E-state index is 5.78. The number of nitrogens with one attached hydrogen (secondary N) is 1. The third-order valence-electron chi connectivity index (χ3n) is 5.85. The van der Waals surface area contributed by atoms with E-state index in [1.165, 1.54) is 0 Å². The van der Waals surface area contributed by atoms with Gasteiger partial charge in [-0.05, 0) is 55.0 Å². The summed E-state index contributed by atoms with van der Waals surface area (Å²) >= 11 is 5.68. The predicted molar refractivity (Wildman–Crippen MR) is 129 cm³/mol. The number of aromatic nitrogens is 2. The summed E-state index contributed by atoms with van der Waals surface area (Å²) in [5.74, 6) is 2.99. The minimum atomic E-state index is -0.276. The van der Waals surface area contributed by atoms with Crippen LogP contribution >= 0.6 is 12.2 Å². The standard InChI is InChI=1S/C24H24N4O5S/c1-14-20(23-26-22(27-33-23)16-6-9-18-19(12-16)32-13-31-18)21(15-4-7-17(30-3)8-5-15)25-24(34)28(14)10-11-29-2/h4-9,12,21H,10-11,13H2,1-3H3,(H,25,34). The highest BCUT2D eigenvalue weighted by Crippen LogP contribution is 2.39. The van der Waals surface area contributed by atoms with Crippen molar-refractivity contribution in [3.05, 3.63) is 59.6 Å². The van der Waals surface area contributed by atoms with Gasteiger partial charge in [0.05, 0.1) is 25.3 Å². The van der Waals surface area contributed by atoms with Crippen LogP contribution in [0.4, 0.5) is 0 Å². The van der Waals surface area contributed by atoms with Crippen LogP contribution in [-0.4, -0.2) is 54.3 Å². The SMILES string of the molecule is COCCN1C(=S)NC(c2ccc(OC)cc2)C(c2nc(-c3ccc4c(c3)OCO4)no2)=C1C. The molecule has 1 atom stereocenters. The summed E-state index contributed by atoms with van der Waals surface area (Å²) in [6.45, 7) is 3.32. The number of methoxy groups -OCH3 is 2. The summed E-state index contributed by atoms with van der Waals surface area (Å²) in [5, 5.41) is 8.28. The summed E-state index contributed by atoms with van der Waals surface area (Å²) in [7, 11) is 3.30. The molecule has 3 aromatic rings. The van der Waals surface area contributed by atoms with Crippen molar-refractivity contribution >= 4 is 22.9 Å². The molecular formula is C24H24N4O5S. The lowest BCUT2D eigenvalue weighted by molar-refractivity contribution is 0.174. The minimum Gasteiger partial charge on any atom is -0.497 e. The van der Waals surface area contributed by atoms with E-state index in [0.29, 0.717) is 41.5 Å². The van der Waals surface area contributed by atoms with Gasteiger partial charge < -0.3 is 33.7 Å². The van der Waals surface area contributed by atoms with Gasteiger partial charge in [-0.25, -0.2) is 0 Å². The van der Waals surface area contributed by atoms with Crippen LogP contribution in [0, 0.1) is 0 Å². The molecule has 34 heavy (non-hydrogen) atoms. The fourth-order valence-corrected chi connectivity index (χ4v) is 4.39. The van der Waals surface area contributed by atoms with E-state index < -0.39 is 0 Å². The lowest BCUT2D eigenvalue weighted by atomic mass is 9.94. The Labute approximate surface area is 202 Å². The van der Waals surface area contributed by atoms with Gasteiger partial charge in [-0.3, -0.25) is 0 Å². The molecule has 2 aromatic carbocycles. The molecule has 1 aromatic heterocycles. The van der Waals surface area contributed by atoms with Gasteiger partial charge in [0.25, 0.3) is 5.89 Å². The zero-order chi connectivity index (χ0) is 23.7. The monoisotopic (exact) mass is 480 g/mol. The Morgan fingerprint density at radius 1 is 1.12 bits per heavy atom. The average Bonchev–Trinajstić information content (AvgIpc) is 3.53. The normalized spacial score (nSPS) is 17.2. The summed E-state index contributed by atoms with van der Waals surface area (Å²) in [5.41, 5.74) is 3.53. The first-order chi connectivity index (χ1) is 16.6. The van der Waals surface area contributed by atoms with Gasteiger partial charge in [-0.15, -0.1) is 0 Å². The van der Waals surface area contributed by atoms with Gasteiger partial charge in [0, 0.05) is 24.9 Å². The van der Waals surface area contributed by atoms with E-state index in [2.05, 4.69) is 10.5 Å². The third-order valence-corrected chi connectivity index (χ3v) is 6.19. The zero-order valence-electron chi connectivity index (χ0n) is 19.0. The number of thiocarbonyl (C=S) groups is 1. The molecule has 0 amide bonds. The number of hydrogen-bond acceptors (Lipinski definition) is 8. The molecule has 0 saturated carbocycles. The second-order valence-electron chi connectivity index (χ2n) is 7.79. The predicted octanol–water partition coefficient (Wildman–Crippen LogP) is 3.78. The van der Waals surface area contributed by atoms with Crippen LogP contribution in [0.1, 0.15) is 24.4 Å². The van der Waals surface area contributed by atoms with Gasteiger partial charge in [0.1, 0.15) is 5.75 Å². The van der Waals surface area contributed by atoms with Crippen LogP contribution in [-0.2, 0) is 4.74 Å². The molecule has 10 heteroatoms. The van der Waals surface area contributed by atoms with Crippen molar-refractivity contribution in [2.24, 2.45) is 0 Å². The van der Waals surface area contributed by atoms with Crippen molar-refractivity contribution < 1.29 is 23.5 Å². The second-order valence-corrected chi connectivity index (χ2v) is 8.18. The number of fused-ring (bicyclic) bond motifs is 1. The van der Waals surface area contributed by atoms with Crippen molar-refractivity contribution in [3.63, 3.8) is 0 Å². The Kier molecular flexibility index (Phi) is 6.08. The molecule has 1 unspecified atom stereocenters. The van der Waals surface area contributed by atoms with Crippen LogP contribution in [0.2, 0.25) is 0 Å². The third kappa shape index (κ3) is 4.06. The van der Waals surface area contributed by atoms with Crippen LogP contribution in [0.5, 0.6) is 17.2 Å². The minimum absolute atomic E-state index is 0.203. The molecular weight excluding hydrogens is 456 g/mol. The fraction of sp³-hybridized carbons (Fsp3) is 0.292. The molecule has 0 saturated heterocycles. The number of ether oxygens (including phenoxy) is 4. The van der Waals surface area contributed by atoms with E-state index >= 15 is 0 Å². The van der Waals surface area contributed by atoms with E-state index in [1.54, 1.807) is 14.2 Å². The summed E-state index contributed by atoms with van der Waals surface area (Å²) in [4.78, 5) is 6.72. The van der Waals surface area contributed by atoms with E-state index in [0.717, 1.165) is 28.1 Å². The van der Waals surface area contributed by atoms with E-state index in [4.69, 9.17) is 40.7 Å². The maximum Gasteiger partial charge on any atom is 0.258 e. The number of benzene rings is 2. The molecule has 3 heterocycles. The molecule has 0 radical (unpaired) electrons. The van der Waals surface area contributed by atoms with E-state index in [-0.39, 0.29) is 12.8 Å². The molecule has 0 fully saturated rings. The quantitative estimate of drug-likeness (QED) is 0.504. The highest BCUT2D eigenvalue weighted by atomic mass is 32.1. The van der Waals surface area contributed by atoms with Gasteiger partial charge in [0.2, 0.25) is 12.6 Å². The van der Waals surface area contributed by atoms with Crippen molar-refractivity contribution in [3.8, 4) is 28.6 Å². The molecule has 5 rings (SSSR count). The summed E-state index contributed by atoms with van der Waals surface area (Å²) in [6.07, 6.45) is 0. The van der Waals surface area contributed by atoms with Gasteiger partial charge >= 0.3 is 0 Å². The van der Waals surface area contributed by atoms with E-state index in [9.17, 15) is 0 Å². The number of allylic oxidation sites excluding steroid dienone is 1. The van der Waals surface area contributed by atoms with Crippen molar-refractivity contribution in [2.45, 2.75) is 13.0 Å². The summed E-state index contributed by atoms with van der Waals surface area (Å²) < 4.78 is 27.3. The maximum atomic E-state index is 5.78. The molecule has 0 aliphatic carbocycles. The number of nitrogens with zero attached hydrogens (tertiary/aromatic N) is 3. The Bertz CT molecular complexity index is 1240. The van der Waals surface area contributed by atoms with Crippen molar-refractivity contribution in [2.75, 3.05) is 34.2 Å². The lowest BCUT2D eigenvalue weighted by Gasteiger charge is -2.37. The Balaban J connectivity index is 1.55. The smallest absolute Gasteiger partial charge is 0.258 e. The number of hydrogen-bond donors (Lipinski definition) is 1. The van der Waals surface area contributed by atoms with Crippen molar-refractivity contribution in [1.82, 2.24) is 20.4 Å². The molecule has 2 aliphatic rings. The van der Waals surface area contributed by atoms with Gasteiger partial charge in [-0.1, -0.05) is 17.3 Å². The fourth-order valence-electron chi connectivity index (χ4n) is 4.04. The van der Waals surface area contributed by atoms with Crippen LogP contribution < -0.4 is 19.5 Å². The molecule has 1 N–H and O–H groups in total. The largest absolute Gasteiger partial charge is 0.497 e. The Morgan fingerprint density at radius 3 is 2.68 bits per heavy atom. The second kappa shape index (κ2) is 9.32. The molecule has 0 spiro atoms. The topological polar surface area (TPSA) is 91.1 Å². The van der Waals surface area contributed by atoms with Crippen molar-refractivity contribution in [1.29, 1.82) is 0 Å².